The summed E-state index contributed by atoms with van der Waals surface area (Å²) in [5.41, 5.74) is 0. The number of piperidine rings is 1. The molecule has 2 fully saturated rings. The molecule has 0 N–H and O–H groups in total. The third-order valence-electron chi connectivity index (χ3n) is 4.21. The van der Waals surface area contributed by atoms with E-state index in [1.165, 1.54) is 4.31 Å². The molecule has 0 radical (unpaired) electrons. The van der Waals surface area contributed by atoms with Crippen LogP contribution in [0.5, 0.6) is 0 Å². The Kier molecular flexibility index (Phi) is 6.01. The lowest BCUT2D eigenvalue weighted by molar-refractivity contribution is -0.140. The maximum Gasteiger partial charge on any atom is 0.227 e. The third-order valence-corrected chi connectivity index (χ3v) is 6.13. The van der Waals surface area contributed by atoms with E-state index >= 15 is 0 Å². The summed E-state index contributed by atoms with van der Waals surface area (Å²) in [4.78, 5) is 14.3. The molecule has 7 heteroatoms. The molecule has 21 heavy (non-hydrogen) atoms. The van der Waals surface area contributed by atoms with Crippen molar-refractivity contribution in [2.75, 3.05) is 45.1 Å². The van der Waals surface area contributed by atoms with Gasteiger partial charge in [0.15, 0.2) is 0 Å². The minimum atomic E-state index is -3.20. The maximum absolute atomic E-state index is 12.5. The number of amides is 1. The summed E-state index contributed by atoms with van der Waals surface area (Å²) in [7, 11) is -3.20. The number of ether oxygens (including phenoxy) is 1. The summed E-state index contributed by atoms with van der Waals surface area (Å²) in [6.45, 7) is 5.29. The van der Waals surface area contributed by atoms with Crippen LogP contribution in [0, 0.1) is 5.92 Å². The first-order valence-corrected chi connectivity index (χ1v) is 9.50. The van der Waals surface area contributed by atoms with E-state index < -0.39 is 10.0 Å². The number of unbranched alkanes of at least 4 members (excludes halogenated alkanes) is 1. The summed E-state index contributed by atoms with van der Waals surface area (Å²) in [5.74, 6) is 0.101. The minimum absolute atomic E-state index is 0.0914. The molecule has 1 atom stereocenters. The van der Waals surface area contributed by atoms with Crippen LogP contribution in [0.15, 0.2) is 0 Å². The largest absolute Gasteiger partial charge is 0.378 e. The van der Waals surface area contributed by atoms with Crippen LogP contribution < -0.4 is 0 Å². The van der Waals surface area contributed by atoms with Crippen molar-refractivity contribution in [1.82, 2.24) is 9.21 Å². The highest BCUT2D eigenvalue weighted by Crippen LogP contribution is 2.22. The predicted molar refractivity (Wildman–Crippen MR) is 80.4 cm³/mol. The van der Waals surface area contributed by atoms with Gasteiger partial charge in [0.1, 0.15) is 0 Å². The molecule has 6 nitrogen and oxygen atoms in total. The topological polar surface area (TPSA) is 66.9 Å². The highest BCUT2D eigenvalue weighted by Gasteiger charge is 2.34. The zero-order valence-corrected chi connectivity index (χ0v) is 13.6. The highest BCUT2D eigenvalue weighted by molar-refractivity contribution is 7.89. The standard InChI is InChI=1S/C14H26N2O4S/c1-2-3-11-21(18,19)16-6-4-5-13(12-16)14(17)15-7-9-20-10-8-15/h13H,2-12H2,1H3/t13-/m0/s1. The molecule has 2 aliphatic heterocycles. The van der Waals surface area contributed by atoms with Crippen molar-refractivity contribution in [3.05, 3.63) is 0 Å². The Labute approximate surface area is 127 Å². The molecule has 2 rings (SSSR count). The van der Waals surface area contributed by atoms with E-state index in [0.717, 1.165) is 19.3 Å². The van der Waals surface area contributed by atoms with Crippen LogP contribution in [0.25, 0.3) is 0 Å². The van der Waals surface area contributed by atoms with Crippen LogP contribution in [-0.2, 0) is 19.6 Å². The summed E-state index contributed by atoms with van der Waals surface area (Å²) < 4.78 is 31.3. The van der Waals surface area contributed by atoms with Crippen molar-refractivity contribution >= 4 is 15.9 Å². The number of carbonyl (C=O) groups excluding carboxylic acids is 1. The summed E-state index contributed by atoms with van der Waals surface area (Å²) in [6, 6.07) is 0. The smallest absolute Gasteiger partial charge is 0.227 e. The lowest BCUT2D eigenvalue weighted by Crippen LogP contribution is -2.49. The minimum Gasteiger partial charge on any atom is -0.378 e. The molecule has 0 aromatic rings. The van der Waals surface area contributed by atoms with Gasteiger partial charge in [-0.2, -0.15) is 0 Å². The van der Waals surface area contributed by atoms with Crippen LogP contribution in [0.4, 0.5) is 0 Å². The fourth-order valence-electron chi connectivity index (χ4n) is 2.89. The van der Waals surface area contributed by atoms with Gasteiger partial charge in [-0.25, -0.2) is 12.7 Å². The van der Waals surface area contributed by atoms with E-state index in [4.69, 9.17) is 4.74 Å². The second-order valence-electron chi connectivity index (χ2n) is 5.80. The highest BCUT2D eigenvalue weighted by atomic mass is 32.2. The second-order valence-corrected chi connectivity index (χ2v) is 7.89. The van der Waals surface area contributed by atoms with Crippen LogP contribution in [-0.4, -0.2) is 68.7 Å². The Balaban J connectivity index is 1.95. The Morgan fingerprint density at radius 2 is 1.95 bits per heavy atom. The molecule has 0 bridgehead atoms. The number of morpholine rings is 1. The quantitative estimate of drug-likeness (QED) is 0.748. The molecule has 2 heterocycles. The van der Waals surface area contributed by atoms with Gasteiger partial charge in [-0.3, -0.25) is 4.79 Å². The molecule has 122 valence electrons. The number of rotatable bonds is 5. The van der Waals surface area contributed by atoms with E-state index in [1.807, 2.05) is 11.8 Å². The van der Waals surface area contributed by atoms with E-state index in [1.54, 1.807) is 0 Å². The van der Waals surface area contributed by atoms with Gasteiger partial charge in [0.2, 0.25) is 15.9 Å². The van der Waals surface area contributed by atoms with Gasteiger partial charge in [-0.1, -0.05) is 13.3 Å². The molecule has 0 aliphatic carbocycles. The Bertz CT molecular complexity index is 446. The SMILES string of the molecule is CCCCS(=O)(=O)N1CCC[C@H](C(=O)N2CCOCC2)C1. The molecule has 0 aromatic carbocycles. The third kappa shape index (κ3) is 4.40. The number of hydrogen-bond donors (Lipinski definition) is 0. The zero-order chi connectivity index (χ0) is 15.3. The average Bonchev–Trinajstić information content (AvgIpc) is 2.53. The molecule has 0 spiro atoms. The van der Waals surface area contributed by atoms with E-state index in [0.29, 0.717) is 45.8 Å². The van der Waals surface area contributed by atoms with E-state index in [-0.39, 0.29) is 17.6 Å². The number of hydrogen-bond acceptors (Lipinski definition) is 4. The summed E-state index contributed by atoms with van der Waals surface area (Å²) in [6.07, 6.45) is 3.10. The van der Waals surface area contributed by atoms with Gasteiger partial charge >= 0.3 is 0 Å². The van der Waals surface area contributed by atoms with Crippen molar-refractivity contribution in [3.63, 3.8) is 0 Å². The van der Waals surface area contributed by atoms with Gasteiger partial charge in [0, 0.05) is 26.2 Å². The number of carbonyl (C=O) groups is 1. The van der Waals surface area contributed by atoms with Crippen molar-refractivity contribution in [2.24, 2.45) is 5.92 Å². The van der Waals surface area contributed by atoms with Crippen LogP contribution in [0.1, 0.15) is 32.6 Å². The number of sulfonamides is 1. The molecule has 2 aliphatic rings. The average molecular weight is 318 g/mol. The van der Waals surface area contributed by atoms with Crippen molar-refractivity contribution in [1.29, 1.82) is 0 Å². The fraction of sp³-hybridized carbons (Fsp3) is 0.929. The van der Waals surface area contributed by atoms with Gasteiger partial charge in [-0.05, 0) is 19.3 Å². The van der Waals surface area contributed by atoms with Crippen molar-refractivity contribution in [2.45, 2.75) is 32.6 Å². The van der Waals surface area contributed by atoms with E-state index in [2.05, 4.69) is 0 Å². The first-order chi connectivity index (χ1) is 10.0. The van der Waals surface area contributed by atoms with Gasteiger partial charge < -0.3 is 9.64 Å². The lowest BCUT2D eigenvalue weighted by Gasteiger charge is -2.35. The maximum atomic E-state index is 12.5. The first-order valence-electron chi connectivity index (χ1n) is 7.89. The Hall–Kier alpha value is -0.660. The van der Waals surface area contributed by atoms with Gasteiger partial charge in [-0.15, -0.1) is 0 Å². The lowest BCUT2D eigenvalue weighted by atomic mass is 9.98. The Morgan fingerprint density at radius 1 is 1.24 bits per heavy atom. The first kappa shape index (κ1) is 16.7. The molecular weight excluding hydrogens is 292 g/mol. The van der Waals surface area contributed by atoms with Gasteiger partial charge in [0.25, 0.3) is 0 Å². The normalized spacial score (nSPS) is 25.0. The number of nitrogens with zero attached hydrogens (tertiary/aromatic N) is 2. The Morgan fingerprint density at radius 3 is 2.62 bits per heavy atom. The predicted octanol–water partition coefficient (Wildman–Crippen LogP) is 0.687. The summed E-state index contributed by atoms with van der Waals surface area (Å²) in [5, 5.41) is 0. The molecular formula is C14H26N2O4S. The van der Waals surface area contributed by atoms with Crippen LogP contribution in [0.2, 0.25) is 0 Å². The molecule has 0 saturated carbocycles. The molecule has 0 unspecified atom stereocenters. The van der Waals surface area contributed by atoms with Gasteiger partial charge in [0.05, 0.1) is 24.9 Å². The second kappa shape index (κ2) is 7.56. The van der Waals surface area contributed by atoms with E-state index in [9.17, 15) is 13.2 Å². The molecule has 1 amide bonds. The zero-order valence-electron chi connectivity index (χ0n) is 12.8. The van der Waals surface area contributed by atoms with Crippen LogP contribution >= 0.6 is 0 Å². The van der Waals surface area contributed by atoms with Crippen LogP contribution in [0.3, 0.4) is 0 Å². The fourth-order valence-corrected chi connectivity index (χ4v) is 4.62. The van der Waals surface area contributed by atoms with Crippen molar-refractivity contribution in [3.8, 4) is 0 Å². The molecule has 2 saturated heterocycles. The van der Waals surface area contributed by atoms with Crippen molar-refractivity contribution < 1.29 is 17.9 Å². The monoisotopic (exact) mass is 318 g/mol. The summed E-state index contributed by atoms with van der Waals surface area (Å²) >= 11 is 0. The molecule has 0 aromatic heterocycles.